The first-order chi connectivity index (χ1) is 9.22. The molecule has 0 fully saturated rings. The molecule has 0 aromatic heterocycles. The van der Waals surface area contributed by atoms with Gasteiger partial charge in [0.25, 0.3) is 0 Å². The van der Waals surface area contributed by atoms with Crippen molar-refractivity contribution in [3.63, 3.8) is 0 Å². The summed E-state index contributed by atoms with van der Waals surface area (Å²) in [5, 5.41) is 12.2. The van der Waals surface area contributed by atoms with Crippen LogP contribution >= 0.6 is 11.8 Å². The summed E-state index contributed by atoms with van der Waals surface area (Å²) in [4.78, 5) is 11.7. The SMILES string of the molecule is CCNC(CSCc1ccccc1C#N)C(=O)CC. The largest absolute Gasteiger partial charge is 0.307 e. The molecule has 0 amide bonds. The van der Waals surface area contributed by atoms with Crippen molar-refractivity contribution in [2.24, 2.45) is 0 Å². The number of benzene rings is 1. The van der Waals surface area contributed by atoms with E-state index < -0.39 is 0 Å². The summed E-state index contributed by atoms with van der Waals surface area (Å²) in [6, 6.07) is 9.73. The first-order valence-electron chi connectivity index (χ1n) is 6.54. The summed E-state index contributed by atoms with van der Waals surface area (Å²) in [7, 11) is 0. The molecular formula is C15H20N2OS. The van der Waals surface area contributed by atoms with Crippen molar-refractivity contribution in [3.8, 4) is 6.07 Å². The van der Waals surface area contributed by atoms with Gasteiger partial charge in [0.1, 0.15) is 5.78 Å². The topological polar surface area (TPSA) is 52.9 Å². The number of carbonyl (C=O) groups excluding carboxylic acids is 1. The van der Waals surface area contributed by atoms with Crippen LogP contribution in [-0.4, -0.2) is 24.1 Å². The number of hydrogen-bond acceptors (Lipinski definition) is 4. The van der Waals surface area contributed by atoms with Crippen LogP contribution in [0.2, 0.25) is 0 Å². The summed E-state index contributed by atoms with van der Waals surface area (Å²) < 4.78 is 0. The lowest BCUT2D eigenvalue weighted by Gasteiger charge is -2.15. The Morgan fingerprint density at radius 1 is 1.42 bits per heavy atom. The number of rotatable bonds is 8. The van der Waals surface area contributed by atoms with E-state index in [9.17, 15) is 4.79 Å². The number of hydrogen-bond donors (Lipinski definition) is 1. The van der Waals surface area contributed by atoms with E-state index in [4.69, 9.17) is 5.26 Å². The molecule has 19 heavy (non-hydrogen) atoms. The van der Waals surface area contributed by atoms with E-state index >= 15 is 0 Å². The van der Waals surface area contributed by atoms with Gasteiger partial charge < -0.3 is 5.32 Å². The first kappa shape index (κ1) is 15.7. The number of nitriles is 1. The minimum absolute atomic E-state index is 0.0748. The molecule has 0 saturated heterocycles. The number of nitrogens with one attached hydrogen (secondary N) is 1. The van der Waals surface area contributed by atoms with Crippen molar-refractivity contribution >= 4 is 17.5 Å². The summed E-state index contributed by atoms with van der Waals surface area (Å²) in [5.74, 6) is 1.77. The second-order valence-corrected chi connectivity index (χ2v) is 5.24. The zero-order valence-electron chi connectivity index (χ0n) is 11.5. The lowest BCUT2D eigenvalue weighted by atomic mass is 10.1. The lowest BCUT2D eigenvalue weighted by molar-refractivity contribution is -0.120. The Labute approximate surface area is 119 Å². The molecule has 1 rings (SSSR count). The van der Waals surface area contributed by atoms with Crippen LogP contribution in [0.3, 0.4) is 0 Å². The van der Waals surface area contributed by atoms with Crippen LogP contribution < -0.4 is 5.32 Å². The van der Waals surface area contributed by atoms with E-state index in [1.165, 1.54) is 0 Å². The summed E-state index contributed by atoms with van der Waals surface area (Å²) in [5.41, 5.74) is 1.76. The molecular weight excluding hydrogens is 256 g/mol. The van der Waals surface area contributed by atoms with E-state index in [1.54, 1.807) is 11.8 Å². The Hall–Kier alpha value is -1.31. The monoisotopic (exact) mass is 276 g/mol. The third kappa shape index (κ3) is 5.06. The molecule has 0 aliphatic rings. The minimum Gasteiger partial charge on any atom is -0.307 e. The Kier molecular flexibility index (Phi) is 7.24. The Balaban J connectivity index is 2.52. The quantitative estimate of drug-likeness (QED) is 0.793. The molecule has 3 nitrogen and oxygen atoms in total. The van der Waals surface area contributed by atoms with Gasteiger partial charge in [-0.1, -0.05) is 32.0 Å². The fourth-order valence-corrected chi connectivity index (χ4v) is 2.93. The van der Waals surface area contributed by atoms with Crippen LogP contribution in [0.5, 0.6) is 0 Å². The Morgan fingerprint density at radius 3 is 2.79 bits per heavy atom. The van der Waals surface area contributed by atoms with Gasteiger partial charge in [-0.05, 0) is 18.2 Å². The lowest BCUT2D eigenvalue weighted by Crippen LogP contribution is -2.38. The van der Waals surface area contributed by atoms with Gasteiger partial charge in [0.2, 0.25) is 0 Å². The highest BCUT2D eigenvalue weighted by Gasteiger charge is 2.15. The molecule has 1 aromatic rings. The number of carbonyl (C=O) groups is 1. The summed E-state index contributed by atoms with van der Waals surface area (Å²) >= 11 is 1.69. The first-order valence-corrected chi connectivity index (χ1v) is 7.70. The fraction of sp³-hybridized carbons (Fsp3) is 0.467. The van der Waals surface area contributed by atoms with Gasteiger partial charge in [-0.15, -0.1) is 0 Å². The van der Waals surface area contributed by atoms with Gasteiger partial charge >= 0.3 is 0 Å². The third-order valence-corrected chi connectivity index (χ3v) is 3.95. The molecule has 0 aliphatic heterocycles. The highest BCUT2D eigenvalue weighted by Crippen LogP contribution is 2.17. The van der Waals surface area contributed by atoms with Crippen molar-refractivity contribution in [2.75, 3.05) is 12.3 Å². The van der Waals surface area contributed by atoms with Gasteiger partial charge in [-0.2, -0.15) is 17.0 Å². The number of Topliss-reactive ketones (excluding diaryl/α,β-unsaturated/α-hetero) is 1. The molecule has 0 heterocycles. The van der Waals surface area contributed by atoms with Crippen LogP contribution in [-0.2, 0) is 10.5 Å². The predicted molar refractivity (Wildman–Crippen MR) is 80.1 cm³/mol. The van der Waals surface area contributed by atoms with Gasteiger partial charge in [0.15, 0.2) is 0 Å². The smallest absolute Gasteiger partial charge is 0.150 e. The van der Waals surface area contributed by atoms with Crippen molar-refractivity contribution in [3.05, 3.63) is 35.4 Å². The van der Waals surface area contributed by atoms with Crippen molar-refractivity contribution in [1.82, 2.24) is 5.32 Å². The molecule has 102 valence electrons. The molecule has 1 aromatic carbocycles. The molecule has 0 spiro atoms. The molecule has 0 bridgehead atoms. The van der Waals surface area contributed by atoms with Crippen molar-refractivity contribution < 1.29 is 4.79 Å². The van der Waals surface area contributed by atoms with Gasteiger partial charge in [-0.3, -0.25) is 4.79 Å². The van der Waals surface area contributed by atoms with E-state index in [0.717, 1.165) is 29.2 Å². The van der Waals surface area contributed by atoms with E-state index in [-0.39, 0.29) is 11.8 Å². The zero-order valence-corrected chi connectivity index (χ0v) is 12.3. The van der Waals surface area contributed by atoms with Crippen LogP contribution in [0.1, 0.15) is 31.4 Å². The number of nitrogens with zero attached hydrogens (tertiary/aromatic N) is 1. The maximum Gasteiger partial charge on any atom is 0.150 e. The highest BCUT2D eigenvalue weighted by atomic mass is 32.2. The van der Waals surface area contributed by atoms with Crippen LogP contribution in [0.4, 0.5) is 0 Å². The van der Waals surface area contributed by atoms with E-state index in [1.807, 2.05) is 38.1 Å². The zero-order chi connectivity index (χ0) is 14.1. The van der Waals surface area contributed by atoms with Gasteiger partial charge in [0.05, 0.1) is 17.7 Å². The predicted octanol–water partition coefficient (Wildman–Crippen LogP) is 2.75. The molecule has 1 unspecified atom stereocenters. The molecule has 1 N–H and O–H groups in total. The average molecular weight is 276 g/mol. The Morgan fingerprint density at radius 2 is 2.16 bits per heavy atom. The molecule has 0 aliphatic carbocycles. The van der Waals surface area contributed by atoms with Crippen LogP contribution in [0.15, 0.2) is 24.3 Å². The van der Waals surface area contributed by atoms with Crippen molar-refractivity contribution in [2.45, 2.75) is 32.1 Å². The number of likely N-dealkylation sites (N-methyl/N-ethyl adjacent to an activating group) is 1. The number of ketones is 1. The van der Waals surface area contributed by atoms with Gasteiger partial charge in [-0.25, -0.2) is 0 Å². The van der Waals surface area contributed by atoms with Crippen molar-refractivity contribution in [1.29, 1.82) is 5.26 Å². The second kappa shape index (κ2) is 8.73. The third-order valence-electron chi connectivity index (χ3n) is 2.87. The van der Waals surface area contributed by atoms with Gasteiger partial charge in [0, 0.05) is 17.9 Å². The maximum atomic E-state index is 11.7. The molecule has 1 atom stereocenters. The average Bonchev–Trinajstić information content (AvgIpc) is 2.46. The standard InChI is InChI=1S/C15H20N2OS/c1-3-15(18)14(17-4-2)11-19-10-13-8-6-5-7-12(13)9-16/h5-8,14,17H,3-4,10-11H2,1-2H3. The maximum absolute atomic E-state index is 11.7. The molecule has 0 saturated carbocycles. The van der Waals surface area contributed by atoms with Crippen LogP contribution in [0, 0.1) is 11.3 Å². The highest BCUT2D eigenvalue weighted by molar-refractivity contribution is 7.98. The van der Waals surface area contributed by atoms with E-state index in [2.05, 4.69) is 11.4 Å². The van der Waals surface area contributed by atoms with Crippen LogP contribution in [0.25, 0.3) is 0 Å². The molecule has 0 radical (unpaired) electrons. The summed E-state index contributed by atoms with van der Waals surface area (Å²) in [6.45, 7) is 4.69. The Bertz CT molecular complexity index is 454. The summed E-state index contributed by atoms with van der Waals surface area (Å²) in [6.07, 6.45) is 0.563. The van der Waals surface area contributed by atoms with E-state index in [0.29, 0.717) is 6.42 Å². The fourth-order valence-electron chi connectivity index (χ4n) is 1.80. The number of thioether (sulfide) groups is 1. The minimum atomic E-state index is -0.0748. The second-order valence-electron chi connectivity index (χ2n) is 4.21. The molecule has 4 heteroatoms. The normalized spacial score (nSPS) is 11.8.